The average Bonchev–Trinajstić information content (AvgIpc) is 3.23. The van der Waals surface area contributed by atoms with Crippen molar-refractivity contribution in [1.29, 1.82) is 0 Å². The highest BCUT2D eigenvalue weighted by Gasteiger charge is 2.46. The van der Waals surface area contributed by atoms with Gasteiger partial charge in [0.05, 0.1) is 12.2 Å². The first-order chi connectivity index (χ1) is 28.7. The summed E-state index contributed by atoms with van der Waals surface area (Å²) in [4.78, 5) is 13.5. The first-order valence-electron chi connectivity index (χ1n) is 18.8. The van der Waals surface area contributed by atoms with Crippen molar-refractivity contribution in [2.24, 2.45) is 0 Å². The summed E-state index contributed by atoms with van der Waals surface area (Å²) in [7, 11) is 0. The van der Waals surface area contributed by atoms with Crippen LogP contribution in [-0.4, -0.2) is 106 Å². The van der Waals surface area contributed by atoms with Crippen molar-refractivity contribution >= 4 is 5.97 Å². The summed E-state index contributed by atoms with van der Waals surface area (Å²) in [5, 5.41) is 116. The van der Waals surface area contributed by atoms with E-state index in [9.17, 15) is 61.0 Å². The Morgan fingerprint density at radius 3 is 2.07 bits per heavy atom. The molecule has 9 atom stereocenters. The molecule has 5 aromatic rings. The fraction of sp³-hybridized carbons (Fsp3) is 0.279. The van der Waals surface area contributed by atoms with E-state index in [-0.39, 0.29) is 58.1 Å². The predicted octanol–water partition coefficient (Wildman–Crippen LogP) is 3.36. The van der Waals surface area contributed by atoms with Gasteiger partial charge in [-0.15, -0.1) is 0 Å². The Bertz CT molecular complexity index is 2380. The Kier molecular flexibility index (Phi) is 10.6. The van der Waals surface area contributed by atoms with Crippen molar-refractivity contribution in [2.45, 2.75) is 67.8 Å². The highest BCUT2D eigenvalue weighted by atomic mass is 16.7. The number of carbonyl (C=O) groups is 1. The first-order valence-corrected chi connectivity index (χ1v) is 18.8. The smallest absolute Gasteiger partial charge is 0.338 e. The molecule has 1 unspecified atom stereocenters. The SMILES string of the molecule is O=C(OC1Cc2c(O)cc(O)c([C@H]3C[C@@H](c4ccccc4)Oc4cc(O[C@@H]5O[C@H](CO)[C@@H](O)[C@H](O)[C@H]5O)cc(O)c43)c2O[C@@H]1c1ccc(O)cc1)c1cc(O)c(O)c(O)c1. The van der Waals surface area contributed by atoms with E-state index in [0.29, 0.717) is 11.1 Å². The van der Waals surface area contributed by atoms with Gasteiger partial charge in [0.1, 0.15) is 76.9 Å². The molecule has 1 saturated heterocycles. The third kappa shape index (κ3) is 7.33. The highest BCUT2D eigenvalue weighted by Crippen LogP contribution is 2.57. The number of aliphatic hydroxyl groups excluding tert-OH is 4. The van der Waals surface area contributed by atoms with Gasteiger partial charge in [-0.25, -0.2) is 4.79 Å². The van der Waals surface area contributed by atoms with Crippen LogP contribution < -0.4 is 14.2 Å². The van der Waals surface area contributed by atoms with Gasteiger partial charge >= 0.3 is 5.97 Å². The predicted molar refractivity (Wildman–Crippen MR) is 204 cm³/mol. The highest BCUT2D eigenvalue weighted by molar-refractivity contribution is 5.91. The van der Waals surface area contributed by atoms with Gasteiger partial charge in [0.15, 0.2) is 23.4 Å². The van der Waals surface area contributed by atoms with Crippen molar-refractivity contribution < 1.29 is 84.7 Å². The lowest BCUT2D eigenvalue weighted by Crippen LogP contribution is -2.60. The number of carbonyl (C=O) groups excluding carboxylic acids is 1. The Balaban J connectivity index is 1.22. The molecule has 5 aromatic carbocycles. The van der Waals surface area contributed by atoms with Gasteiger partial charge in [0.25, 0.3) is 0 Å². The van der Waals surface area contributed by atoms with Crippen molar-refractivity contribution in [3.05, 3.63) is 118 Å². The number of benzene rings is 5. The maximum atomic E-state index is 13.5. The number of rotatable bonds is 8. The summed E-state index contributed by atoms with van der Waals surface area (Å²) in [6.07, 6.45) is -11.2. The van der Waals surface area contributed by atoms with Crippen molar-refractivity contribution in [3.63, 3.8) is 0 Å². The second kappa shape index (κ2) is 15.9. The van der Waals surface area contributed by atoms with E-state index >= 15 is 0 Å². The number of fused-ring (bicyclic) bond motifs is 2. The number of hydrogen-bond acceptors (Lipinski definition) is 17. The van der Waals surface area contributed by atoms with Crippen molar-refractivity contribution in [1.82, 2.24) is 0 Å². The quantitative estimate of drug-likeness (QED) is 0.0790. The fourth-order valence-electron chi connectivity index (χ4n) is 7.92. The molecule has 0 amide bonds. The van der Waals surface area contributed by atoms with Crippen LogP contribution in [0, 0.1) is 0 Å². The lowest BCUT2D eigenvalue weighted by Gasteiger charge is -2.40. The minimum absolute atomic E-state index is 0.0106. The van der Waals surface area contributed by atoms with Crippen LogP contribution in [0.1, 0.15) is 62.7 Å². The standard InChI is InChI=1S/C43H40O17/c44-17-33-37(52)38(53)39(54)43(59-33)56-22-12-26(47)34-24(15-30(57-31(34)13-22)18-4-2-1-3-5-18)35-27(48)16-25(46)23-14-32(40(60-41(23)35)19-6-8-21(45)9-7-19)58-42(55)20-10-28(49)36(51)29(50)11-20/h1-13,16,24,30,32-33,37-40,43-54H,14-15,17H2/t24-,30-,32?,33+,37+,38-,39+,40+,43+/m0/s1. The van der Waals surface area contributed by atoms with E-state index < -0.39 is 102 Å². The summed E-state index contributed by atoms with van der Waals surface area (Å²) in [5.74, 6) is -5.72. The number of hydrogen-bond donors (Lipinski definition) is 11. The number of phenolic OH excluding ortho intramolecular Hbond substituents is 7. The minimum atomic E-state index is -1.76. The van der Waals surface area contributed by atoms with Crippen molar-refractivity contribution in [3.8, 4) is 57.5 Å². The summed E-state index contributed by atoms with van der Waals surface area (Å²) in [6.45, 7) is -0.698. The average molecular weight is 829 g/mol. The molecule has 0 saturated carbocycles. The zero-order valence-corrected chi connectivity index (χ0v) is 31.3. The molecule has 3 heterocycles. The maximum Gasteiger partial charge on any atom is 0.338 e. The zero-order valence-electron chi connectivity index (χ0n) is 31.3. The molecular weight excluding hydrogens is 788 g/mol. The van der Waals surface area contributed by atoms with Crippen LogP contribution in [0.25, 0.3) is 0 Å². The van der Waals surface area contributed by atoms with Crippen LogP contribution in [0.2, 0.25) is 0 Å². The van der Waals surface area contributed by atoms with E-state index in [1.807, 2.05) is 18.2 Å². The molecule has 0 aromatic heterocycles. The summed E-state index contributed by atoms with van der Waals surface area (Å²) < 4.78 is 30.3. The van der Waals surface area contributed by atoms with Gasteiger partial charge in [-0.05, 0) is 35.4 Å². The number of aliphatic hydroxyl groups is 4. The van der Waals surface area contributed by atoms with Gasteiger partial charge in [0, 0.05) is 53.6 Å². The van der Waals surface area contributed by atoms with Gasteiger partial charge in [-0.3, -0.25) is 0 Å². The van der Waals surface area contributed by atoms with Gasteiger partial charge in [-0.1, -0.05) is 42.5 Å². The maximum absolute atomic E-state index is 13.5. The van der Waals surface area contributed by atoms with E-state index in [1.54, 1.807) is 12.1 Å². The first kappa shape index (κ1) is 40.2. The zero-order chi connectivity index (χ0) is 42.6. The third-order valence-corrected chi connectivity index (χ3v) is 10.9. The summed E-state index contributed by atoms with van der Waals surface area (Å²) in [5.41, 5.74) is 1.18. The molecule has 8 rings (SSSR count). The molecule has 0 radical (unpaired) electrons. The van der Waals surface area contributed by atoms with Crippen LogP contribution in [0.15, 0.2) is 84.9 Å². The summed E-state index contributed by atoms with van der Waals surface area (Å²) in [6, 6.07) is 20.3. The Morgan fingerprint density at radius 2 is 1.38 bits per heavy atom. The van der Waals surface area contributed by atoms with Crippen molar-refractivity contribution in [2.75, 3.05) is 6.61 Å². The fourth-order valence-corrected chi connectivity index (χ4v) is 7.92. The Morgan fingerprint density at radius 1 is 0.700 bits per heavy atom. The Labute approximate surface area is 340 Å². The van der Waals surface area contributed by atoms with Gasteiger partial charge < -0.3 is 79.9 Å². The topological polar surface area (TPSA) is 286 Å². The van der Waals surface area contributed by atoms with Crippen LogP contribution in [0.5, 0.6) is 57.5 Å². The lowest BCUT2D eigenvalue weighted by atomic mass is 9.79. The largest absolute Gasteiger partial charge is 0.508 e. The molecule has 1 fully saturated rings. The van der Waals surface area contributed by atoms with Gasteiger partial charge in [-0.2, -0.15) is 0 Å². The molecule has 17 nitrogen and oxygen atoms in total. The minimum Gasteiger partial charge on any atom is -0.508 e. The third-order valence-electron chi connectivity index (χ3n) is 10.9. The second-order valence-corrected chi connectivity index (χ2v) is 14.8. The molecular formula is C43H40O17. The number of aromatic hydroxyl groups is 7. The van der Waals surface area contributed by atoms with E-state index in [4.69, 9.17) is 23.7 Å². The van der Waals surface area contributed by atoms with E-state index in [0.717, 1.165) is 18.2 Å². The molecule has 314 valence electrons. The number of esters is 1. The second-order valence-electron chi connectivity index (χ2n) is 14.8. The molecule has 17 heteroatoms. The molecule has 11 N–H and O–H groups in total. The number of ether oxygens (including phenoxy) is 5. The van der Waals surface area contributed by atoms with Crippen LogP contribution >= 0.6 is 0 Å². The van der Waals surface area contributed by atoms with Crippen LogP contribution in [-0.2, 0) is 15.9 Å². The van der Waals surface area contributed by atoms with E-state index in [2.05, 4.69) is 0 Å². The Hall–Kier alpha value is -6.63. The van der Waals surface area contributed by atoms with Crippen LogP contribution in [0.4, 0.5) is 0 Å². The monoisotopic (exact) mass is 828 g/mol. The van der Waals surface area contributed by atoms with Crippen LogP contribution in [0.3, 0.4) is 0 Å². The molecule has 3 aliphatic rings. The number of phenols is 7. The van der Waals surface area contributed by atoms with Gasteiger partial charge in [0.2, 0.25) is 6.29 Å². The molecule has 0 bridgehead atoms. The molecule has 0 aliphatic carbocycles. The summed E-state index contributed by atoms with van der Waals surface area (Å²) >= 11 is 0. The van der Waals surface area contributed by atoms with E-state index in [1.165, 1.54) is 36.4 Å². The molecule has 3 aliphatic heterocycles. The lowest BCUT2D eigenvalue weighted by molar-refractivity contribution is -0.277. The molecule has 0 spiro atoms. The normalized spacial score (nSPS) is 25.8. The molecule has 60 heavy (non-hydrogen) atoms.